The van der Waals surface area contributed by atoms with Gasteiger partial charge in [-0.3, -0.25) is 0 Å². The largest absolute Gasteiger partial charge is 0.443 e. The topological polar surface area (TPSA) is 38.8 Å². The molecule has 0 spiro atoms. The van der Waals surface area contributed by atoms with Crippen LogP contribution in [0, 0.1) is 0 Å². The lowest BCUT2D eigenvalue weighted by atomic mass is 9.69. The van der Waals surface area contributed by atoms with Crippen LogP contribution in [-0.2, 0) is 25.5 Å². The molecule has 0 aromatic heterocycles. The van der Waals surface area contributed by atoms with Gasteiger partial charge in [-0.2, -0.15) is 0 Å². The molecule has 2 fully saturated rings. The molecule has 0 amide bonds. The van der Waals surface area contributed by atoms with Gasteiger partial charge in [-0.1, -0.05) is 91.0 Å². The number of rotatable bonds is 3. The summed E-state index contributed by atoms with van der Waals surface area (Å²) >= 11 is 0. The molecule has 5 rings (SSSR count). The molecule has 0 N–H and O–H groups in total. The quantitative estimate of drug-likeness (QED) is 0.530. The minimum absolute atomic E-state index is 0.325. The highest BCUT2D eigenvalue weighted by atomic mass is 16.7. The van der Waals surface area contributed by atoms with E-state index >= 15 is 0 Å². The molecule has 26 heavy (non-hydrogen) atoms. The van der Waals surface area contributed by atoms with Crippen LogP contribution in [0.3, 0.4) is 0 Å². The van der Waals surface area contributed by atoms with Crippen LogP contribution in [0.2, 0.25) is 0 Å². The molecule has 2 aliphatic rings. The van der Waals surface area contributed by atoms with Crippen LogP contribution in [0.4, 0.5) is 0 Å². The fraction of sp³-hybridized carbons (Fsp3) is 0.174. The third kappa shape index (κ3) is 1.64. The maximum atomic E-state index is 12.9. The third-order valence-corrected chi connectivity index (χ3v) is 5.66. The van der Waals surface area contributed by atoms with Gasteiger partial charge < -0.3 is 9.47 Å². The van der Waals surface area contributed by atoms with E-state index in [0.717, 1.165) is 16.7 Å². The maximum Gasteiger partial charge on any atom is 0.343 e. The van der Waals surface area contributed by atoms with E-state index in [4.69, 9.17) is 9.47 Å². The minimum atomic E-state index is -1.03. The predicted octanol–water partition coefficient (Wildman–Crippen LogP) is 4.17. The van der Waals surface area contributed by atoms with Gasteiger partial charge in [0.2, 0.25) is 5.60 Å². The lowest BCUT2D eigenvalue weighted by molar-refractivity contribution is -0.164. The zero-order valence-corrected chi connectivity index (χ0v) is 14.4. The molecule has 0 saturated carbocycles. The van der Waals surface area contributed by atoms with Crippen molar-refractivity contribution in [2.45, 2.75) is 23.7 Å². The molecule has 0 bridgehead atoms. The second-order valence-electron chi connectivity index (χ2n) is 6.99. The summed E-state index contributed by atoms with van der Waals surface area (Å²) in [5.41, 5.74) is -0.153. The smallest absolute Gasteiger partial charge is 0.343 e. The van der Waals surface area contributed by atoms with Crippen LogP contribution < -0.4 is 0 Å². The molecular formula is C23H18O3. The maximum absolute atomic E-state index is 12.9. The van der Waals surface area contributed by atoms with Crippen molar-refractivity contribution >= 4 is 5.97 Å². The Bertz CT molecular complexity index is 929. The molecule has 128 valence electrons. The van der Waals surface area contributed by atoms with Gasteiger partial charge in [0.25, 0.3) is 0 Å². The summed E-state index contributed by atoms with van der Waals surface area (Å²) in [4.78, 5) is 12.9. The number of carbonyl (C=O) groups is 1. The Kier molecular flexibility index (Phi) is 2.98. The van der Waals surface area contributed by atoms with Crippen LogP contribution in [0.5, 0.6) is 0 Å². The Hall–Kier alpha value is -2.91. The van der Waals surface area contributed by atoms with Gasteiger partial charge in [0, 0.05) is 11.1 Å². The fourth-order valence-electron chi connectivity index (χ4n) is 4.43. The number of epoxide rings is 1. The van der Waals surface area contributed by atoms with Gasteiger partial charge in [0.1, 0.15) is 0 Å². The van der Waals surface area contributed by atoms with Crippen molar-refractivity contribution in [3.8, 4) is 0 Å². The Morgan fingerprint density at radius 1 is 0.654 bits per heavy atom. The number of hydrogen-bond acceptors (Lipinski definition) is 3. The molecule has 0 aliphatic carbocycles. The van der Waals surface area contributed by atoms with Crippen LogP contribution in [0.1, 0.15) is 23.6 Å². The van der Waals surface area contributed by atoms with Crippen LogP contribution >= 0.6 is 0 Å². The van der Waals surface area contributed by atoms with E-state index in [0.29, 0.717) is 0 Å². The molecule has 2 saturated heterocycles. The normalized spacial score (nSPS) is 28.3. The zero-order chi connectivity index (χ0) is 17.8. The van der Waals surface area contributed by atoms with E-state index in [-0.39, 0.29) is 5.97 Å². The molecule has 0 radical (unpaired) electrons. The van der Waals surface area contributed by atoms with Crippen LogP contribution in [0.25, 0.3) is 0 Å². The SMILES string of the molecule is C[C@@]12O[C@]1(c1ccccc1)C(c1ccccc1)(c1ccccc1)OC2=O. The molecule has 3 aromatic carbocycles. The van der Waals surface area contributed by atoms with Gasteiger partial charge in [0.05, 0.1) is 0 Å². The Balaban J connectivity index is 1.86. The van der Waals surface area contributed by atoms with Gasteiger partial charge in [-0.25, -0.2) is 4.79 Å². The zero-order valence-electron chi connectivity index (χ0n) is 14.4. The first kappa shape index (κ1) is 15.4. The number of cyclic esters (lactones) is 1. The number of benzene rings is 3. The summed E-state index contributed by atoms with van der Waals surface area (Å²) in [7, 11) is 0. The van der Waals surface area contributed by atoms with E-state index in [2.05, 4.69) is 0 Å². The summed E-state index contributed by atoms with van der Waals surface area (Å²) in [5, 5.41) is 0. The summed E-state index contributed by atoms with van der Waals surface area (Å²) in [6.07, 6.45) is 0. The summed E-state index contributed by atoms with van der Waals surface area (Å²) in [6.45, 7) is 1.83. The lowest BCUT2D eigenvalue weighted by Gasteiger charge is -2.36. The van der Waals surface area contributed by atoms with Gasteiger partial charge >= 0.3 is 5.97 Å². The van der Waals surface area contributed by atoms with Crippen molar-refractivity contribution in [3.63, 3.8) is 0 Å². The highest BCUT2D eigenvalue weighted by molar-refractivity contribution is 5.91. The average Bonchev–Trinajstić information content (AvgIpc) is 3.31. The van der Waals surface area contributed by atoms with E-state index in [9.17, 15) is 4.79 Å². The highest BCUT2D eigenvalue weighted by Gasteiger charge is 2.89. The number of hydrogen-bond donors (Lipinski definition) is 0. The molecule has 2 atom stereocenters. The second kappa shape index (κ2) is 5.05. The molecule has 2 heterocycles. The van der Waals surface area contributed by atoms with E-state index in [1.54, 1.807) is 0 Å². The van der Waals surface area contributed by atoms with Crippen molar-refractivity contribution in [2.24, 2.45) is 0 Å². The summed E-state index contributed by atoms with van der Waals surface area (Å²) < 4.78 is 12.5. The van der Waals surface area contributed by atoms with Gasteiger partial charge in [-0.15, -0.1) is 0 Å². The van der Waals surface area contributed by atoms with Crippen LogP contribution in [-0.4, -0.2) is 11.6 Å². The molecule has 3 aromatic rings. The van der Waals surface area contributed by atoms with E-state index in [1.807, 2.05) is 97.9 Å². The standard InChI is InChI=1S/C23H18O3/c1-21-20(24)25-22(17-11-5-2-6-12-17,18-13-7-3-8-14-18)23(21,26-21)19-15-9-4-10-16-19/h2-16H,1H3/t21-,23-/m0/s1. The first-order valence-electron chi connectivity index (χ1n) is 8.75. The molecular weight excluding hydrogens is 324 g/mol. The number of esters is 1. The Morgan fingerprint density at radius 2 is 1.08 bits per heavy atom. The van der Waals surface area contributed by atoms with Crippen molar-refractivity contribution in [2.75, 3.05) is 0 Å². The molecule has 2 aliphatic heterocycles. The van der Waals surface area contributed by atoms with Crippen LogP contribution in [0.15, 0.2) is 91.0 Å². The molecule has 3 heteroatoms. The van der Waals surface area contributed by atoms with Crippen molar-refractivity contribution in [3.05, 3.63) is 108 Å². The minimum Gasteiger partial charge on any atom is -0.443 e. The fourth-order valence-corrected chi connectivity index (χ4v) is 4.43. The van der Waals surface area contributed by atoms with Gasteiger partial charge in [0.15, 0.2) is 11.2 Å². The third-order valence-electron chi connectivity index (χ3n) is 5.66. The van der Waals surface area contributed by atoms with E-state index in [1.165, 1.54) is 0 Å². The molecule has 3 nitrogen and oxygen atoms in total. The van der Waals surface area contributed by atoms with Gasteiger partial charge in [-0.05, 0) is 12.5 Å². The average molecular weight is 342 g/mol. The number of carbonyl (C=O) groups excluding carboxylic acids is 1. The molecule has 0 unspecified atom stereocenters. The number of ether oxygens (including phenoxy) is 2. The van der Waals surface area contributed by atoms with E-state index < -0.39 is 16.8 Å². The number of fused-ring (bicyclic) bond motifs is 1. The second-order valence-corrected chi connectivity index (χ2v) is 6.99. The van der Waals surface area contributed by atoms with Crippen molar-refractivity contribution < 1.29 is 14.3 Å². The summed E-state index contributed by atoms with van der Waals surface area (Å²) in [6, 6.07) is 29.7. The first-order chi connectivity index (χ1) is 12.7. The monoisotopic (exact) mass is 342 g/mol. The van der Waals surface area contributed by atoms with Crippen molar-refractivity contribution in [1.82, 2.24) is 0 Å². The first-order valence-corrected chi connectivity index (χ1v) is 8.75. The lowest BCUT2D eigenvalue weighted by Crippen LogP contribution is -2.42. The predicted molar refractivity (Wildman–Crippen MR) is 97.4 cm³/mol. The summed E-state index contributed by atoms with van der Waals surface area (Å²) in [5.74, 6) is -0.325. The van der Waals surface area contributed by atoms with Crippen molar-refractivity contribution in [1.29, 1.82) is 0 Å². The highest BCUT2D eigenvalue weighted by Crippen LogP contribution is 2.72. The Labute approximate surface area is 152 Å². The Morgan fingerprint density at radius 3 is 1.50 bits per heavy atom.